The van der Waals surface area contributed by atoms with Gasteiger partial charge in [-0.05, 0) is 37.8 Å². The van der Waals surface area contributed by atoms with E-state index >= 15 is 0 Å². The second kappa shape index (κ2) is 8.15. The first kappa shape index (κ1) is 16.0. The van der Waals surface area contributed by atoms with Gasteiger partial charge < -0.3 is 0 Å². The van der Waals surface area contributed by atoms with Gasteiger partial charge in [0.2, 0.25) is 0 Å². The van der Waals surface area contributed by atoms with Gasteiger partial charge in [0.1, 0.15) is 0 Å². The molecule has 1 unspecified atom stereocenters. The highest BCUT2D eigenvalue weighted by molar-refractivity contribution is 7.75. The standard InChI is InChI=1S/C20H25P/c1-4-17(2)15-18(3)16-21(19-11-7-5-8-12-19)20-13-9-6-10-14-20/h5-14,16-17H,4,15H2,1-3H3/b18-16-. The van der Waals surface area contributed by atoms with Crippen LogP contribution in [0.25, 0.3) is 0 Å². The minimum atomic E-state index is -0.388. The van der Waals surface area contributed by atoms with E-state index in [9.17, 15) is 0 Å². The highest BCUT2D eigenvalue weighted by Crippen LogP contribution is 2.37. The van der Waals surface area contributed by atoms with Crippen molar-refractivity contribution in [3.8, 4) is 0 Å². The van der Waals surface area contributed by atoms with Crippen LogP contribution in [-0.2, 0) is 0 Å². The van der Waals surface area contributed by atoms with E-state index in [-0.39, 0.29) is 7.92 Å². The van der Waals surface area contributed by atoms with Crippen LogP contribution in [0.3, 0.4) is 0 Å². The largest absolute Gasteiger partial charge is 0.0720 e. The molecule has 2 aromatic carbocycles. The van der Waals surface area contributed by atoms with Gasteiger partial charge in [0, 0.05) is 0 Å². The van der Waals surface area contributed by atoms with Crippen molar-refractivity contribution in [3.63, 3.8) is 0 Å². The van der Waals surface area contributed by atoms with Crippen LogP contribution < -0.4 is 10.6 Å². The molecule has 21 heavy (non-hydrogen) atoms. The van der Waals surface area contributed by atoms with Crippen molar-refractivity contribution in [2.24, 2.45) is 5.92 Å². The molecule has 0 N–H and O–H groups in total. The molecule has 1 atom stereocenters. The van der Waals surface area contributed by atoms with Crippen molar-refractivity contribution in [1.82, 2.24) is 0 Å². The summed E-state index contributed by atoms with van der Waals surface area (Å²) in [4.78, 5) is 0. The summed E-state index contributed by atoms with van der Waals surface area (Å²) in [7, 11) is -0.388. The van der Waals surface area contributed by atoms with Crippen LogP contribution in [0.5, 0.6) is 0 Å². The Morgan fingerprint density at radius 1 is 0.952 bits per heavy atom. The molecule has 0 fully saturated rings. The molecular weight excluding hydrogens is 271 g/mol. The maximum atomic E-state index is 2.51. The van der Waals surface area contributed by atoms with E-state index in [1.165, 1.54) is 29.0 Å². The maximum Gasteiger partial charge on any atom is -0.0157 e. The third-order valence-electron chi connectivity index (χ3n) is 3.79. The van der Waals surface area contributed by atoms with Gasteiger partial charge in [0.05, 0.1) is 0 Å². The fourth-order valence-electron chi connectivity index (χ4n) is 2.44. The van der Waals surface area contributed by atoms with E-state index in [4.69, 9.17) is 0 Å². The van der Waals surface area contributed by atoms with Crippen LogP contribution >= 0.6 is 7.92 Å². The first-order valence-corrected chi connectivity index (χ1v) is 9.18. The predicted octanol–water partition coefficient (Wildman–Crippen LogP) is 5.46. The molecule has 0 aliphatic carbocycles. The van der Waals surface area contributed by atoms with Gasteiger partial charge in [0.25, 0.3) is 0 Å². The van der Waals surface area contributed by atoms with Crippen LogP contribution in [0.15, 0.2) is 72.1 Å². The number of rotatable bonds is 6. The fourth-order valence-corrected chi connectivity index (χ4v) is 4.57. The Morgan fingerprint density at radius 3 is 1.86 bits per heavy atom. The molecule has 0 radical (unpaired) electrons. The zero-order valence-corrected chi connectivity index (χ0v) is 14.2. The summed E-state index contributed by atoms with van der Waals surface area (Å²) < 4.78 is 0. The topological polar surface area (TPSA) is 0 Å². The van der Waals surface area contributed by atoms with E-state index in [1.54, 1.807) is 0 Å². The van der Waals surface area contributed by atoms with Crippen molar-refractivity contribution in [2.45, 2.75) is 33.6 Å². The number of hydrogen-bond acceptors (Lipinski definition) is 0. The van der Waals surface area contributed by atoms with Gasteiger partial charge in [-0.2, -0.15) is 0 Å². The Hall–Kier alpha value is -1.39. The smallest absolute Gasteiger partial charge is 0.0157 e. The zero-order chi connectivity index (χ0) is 15.1. The summed E-state index contributed by atoms with van der Waals surface area (Å²) in [6.45, 7) is 6.90. The molecule has 2 rings (SSSR count). The van der Waals surface area contributed by atoms with E-state index in [0.717, 1.165) is 5.92 Å². The van der Waals surface area contributed by atoms with Gasteiger partial charge in [-0.1, -0.05) is 92.3 Å². The lowest BCUT2D eigenvalue weighted by atomic mass is 10.0. The van der Waals surface area contributed by atoms with Gasteiger partial charge in [0.15, 0.2) is 0 Å². The summed E-state index contributed by atoms with van der Waals surface area (Å²) in [6, 6.07) is 21.8. The molecule has 0 nitrogen and oxygen atoms in total. The van der Waals surface area contributed by atoms with Crippen LogP contribution in [0, 0.1) is 5.92 Å². The van der Waals surface area contributed by atoms with Gasteiger partial charge >= 0.3 is 0 Å². The Balaban J connectivity index is 2.31. The molecule has 0 spiro atoms. The molecule has 0 bridgehead atoms. The monoisotopic (exact) mass is 296 g/mol. The number of allylic oxidation sites excluding steroid dienone is 1. The minimum absolute atomic E-state index is 0.388. The highest BCUT2D eigenvalue weighted by atomic mass is 31.1. The number of benzene rings is 2. The Labute approximate surface area is 130 Å². The van der Waals surface area contributed by atoms with E-state index < -0.39 is 0 Å². The Bertz CT molecular complexity index is 517. The normalized spacial score (nSPS) is 13.4. The SMILES string of the molecule is CCC(C)C/C(C)=C\P(c1ccccc1)c1ccccc1. The summed E-state index contributed by atoms with van der Waals surface area (Å²) >= 11 is 0. The molecular formula is C20H25P. The fraction of sp³-hybridized carbons (Fsp3) is 0.300. The van der Waals surface area contributed by atoms with Crippen molar-refractivity contribution in [3.05, 3.63) is 72.1 Å². The number of hydrogen-bond donors (Lipinski definition) is 0. The molecule has 0 saturated carbocycles. The van der Waals surface area contributed by atoms with Crippen molar-refractivity contribution in [2.75, 3.05) is 0 Å². The van der Waals surface area contributed by atoms with Crippen molar-refractivity contribution in [1.29, 1.82) is 0 Å². The van der Waals surface area contributed by atoms with E-state index in [1.807, 2.05) is 0 Å². The summed E-state index contributed by atoms with van der Waals surface area (Å²) in [6.07, 6.45) is 2.45. The third-order valence-corrected chi connectivity index (χ3v) is 6.19. The van der Waals surface area contributed by atoms with E-state index in [0.29, 0.717) is 0 Å². The van der Waals surface area contributed by atoms with Crippen LogP contribution in [-0.4, -0.2) is 0 Å². The average Bonchev–Trinajstić information content (AvgIpc) is 2.54. The van der Waals surface area contributed by atoms with E-state index in [2.05, 4.69) is 87.3 Å². The lowest BCUT2D eigenvalue weighted by Crippen LogP contribution is -2.10. The second-order valence-electron chi connectivity index (χ2n) is 5.73. The minimum Gasteiger partial charge on any atom is -0.0720 e. The third kappa shape index (κ3) is 4.83. The first-order chi connectivity index (χ1) is 10.2. The highest BCUT2D eigenvalue weighted by Gasteiger charge is 2.11. The van der Waals surface area contributed by atoms with Gasteiger partial charge in [-0.3, -0.25) is 0 Å². The lowest BCUT2D eigenvalue weighted by Gasteiger charge is -2.17. The van der Waals surface area contributed by atoms with Crippen molar-refractivity contribution >= 4 is 18.5 Å². The molecule has 110 valence electrons. The second-order valence-corrected chi connectivity index (χ2v) is 7.77. The predicted molar refractivity (Wildman–Crippen MR) is 96.9 cm³/mol. The summed E-state index contributed by atoms with van der Waals surface area (Å²) in [5.41, 5.74) is 1.52. The molecule has 0 aliphatic heterocycles. The zero-order valence-electron chi connectivity index (χ0n) is 13.3. The molecule has 2 aromatic rings. The van der Waals surface area contributed by atoms with Crippen LogP contribution in [0.2, 0.25) is 0 Å². The molecule has 0 aromatic heterocycles. The first-order valence-electron chi connectivity index (χ1n) is 7.77. The lowest BCUT2D eigenvalue weighted by molar-refractivity contribution is 0.558. The molecule has 0 aliphatic rings. The van der Waals surface area contributed by atoms with Gasteiger partial charge in [-0.15, -0.1) is 0 Å². The summed E-state index contributed by atoms with van der Waals surface area (Å²) in [5, 5.41) is 2.87. The molecule has 1 heteroatoms. The van der Waals surface area contributed by atoms with Gasteiger partial charge in [-0.25, -0.2) is 0 Å². The Morgan fingerprint density at radius 2 is 1.43 bits per heavy atom. The molecule has 0 saturated heterocycles. The molecule has 0 heterocycles. The quantitative estimate of drug-likeness (QED) is 0.621. The van der Waals surface area contributed by atoms with Crippen LogP contribution in [0.1, 0.15) is 33.6 Å². The summed E-state index contributed by atoms with van der Waals surface area (Å²) in [5.74, 6) is 3.27. The molecule has 0 amide bonds. The average molecular weight is 296 g/mol. The van der Waals surface area contributed by atoms with Crippen molar-refractivity contribution < 1.29 is 0 Å². The Kier molecular flexibility index (Phi) is 6.21. The van der Waals surface area contributed by atoms with Crippen LogP contribution in [0.4, 0.5) is 0 Å². The maximum absolute atomic E-state index is 2.51.